The molecule has 0 fully saturated rings. The van der Waals surface area contributed by atoms with Crippen molar-refractivity contribution in [3.05, 3.63) is 47.8 Å². The van der Waals surface area contributed by atoms with Crippen molar-refractivity contribution in [2.24, 2.45) is 7.05 Å². The molecule has 3 rings (SSSR count). The first-order valence-corrected chi connectivity index (χ1v) is 8.67. The highest BCUT2D eigenvalue weighted by molar-refractivity contribution is 5.89. The Morgan fingerprint density at radius 1 is 1.23 bits per heavy atom. The molecule has 0 atom stereocenters. The van der Waals surface area contributed by atoms with Crippen LogP contribution < -0.4 is 4.74 Å². The molecule has 0 spiro atoms. The molecule has 1 aromatic carbocycles. The minimum atomic E-state index is -0.363. The Morgan fingerprint density at radius 2 is 2.04 bits per heavy atom. The Balaban J connectivity index is 2.11. The smallest absolute Gasteiger partial charge is 0.330 e. The van der Waals surface area contributed by atoms with Crippen molar-refractivity contribution in [1.82, 2.24) is 14.3 Å². The predicted octanol–water partition coefficient (Wildman–Crippen LogP) is 3.65. The van der Waals surface area contributed by atoms with Crippen LogP contribution in [0.15, 0.2) is 36.5 Å². The third kappa shape index (κ3) is 3.35. The van der Waals surface area contributed by atoms with E-state index >= 15 is 0 Å². The van der Waals surface area contributed by atoms with E-state index in [9.17, 15) is 4.79 Å². The van der Waals surface area contributed by atoms with E-state index in [1.54, 1.807) is 13.0 Å². The maximum Gasteiger partial charge on any atom is 0.330 e. The van der Waals surface area contributed by atoms with Gasteiger partial charge in [0.25, 0.3) is 0 Å². The fourth-order valence-electron chi connectivity index (χ4n) is 3.03. The fourth-order valence-corrected chi connectivity index (χ4v) is 3.03. The molecule has 6 heteroatoms. The zero-order chi connectivity index (χ0) is 18.7. The third-order valence-corrected chi connectivity index (χ3v) is 4.11. The number of rotatable bonds is 6. The normalized spacial score (nSPS) is 11.4. The average molecular weight is 353 g/mol. The highest BCUT2D eigenvalue weighted by atomic mass is 16.5. The van der Waals surface area contributed by atoms with Crippen LogP contribution in [0.1, 0.15) is 25.1 Å². The zero-order valence-electron chi connectivity index (χ0n) is 15.5. The highest BCUT2D eigenvalue weighted by Gasteiger charge is 2.15. The lowest BCUT2D eigenvalue weighted by molar-refractivity contribution is -0.137. The van der Waals surface area contributed by atoms with Crippen molar-refractivity contribution in [3.8, 4) is 11.6 Å². The molecule has 2 aromatic heterocycles. The lowest BCUT2D eigenvalue weighted by Crippen LogP contribution is -2.03. The summed E-state index contributed by atoms with van der Waals surface area (Å²) in [4.78, 5) is 11.7. The summed E-state index contributed by atoms with van der Waals surface area (Å²) in [6.07, 6.45) is 5.20. The summed E-state index contributed by atoms with van der Waals surface area (Å²) in [6, 6.07) is 8.06. The number of esters is 1. The number of ether oxygens (including phenoxy) is 2. The maximum atomic E-state index is 11.7. The molecule has 0 N–H and O–H groups in total. The molecule has 0 amide bonds. The Kier molecular flexibility index (Phi) is 5.11. The van der Waals surface area contributed by atoms with Crippen LogP contribution in [0.2, 0.25) is 0 Å². The number of hydrogen-bond acceptors (Lipinski definition) is 4. The van der Waals surface area contributed by atoms with Gasteiger partial charge in [0.1, 0.15) is 11.6 Å². The van der Waals surface area contributed by atoms with Crippen molar-refractivity contribution in [2.75, 3.05) is 13.2 Å². The summed E-state index contributed by atoms with van der Waals surface area (Å²) in [5, 5.41) is 5.62. The van der Waals surface area contributed by atoms with Crippen molar-refractivity contribution in [3.63, 3.8) is 0 Å². The molecule has 136 valence electrons. The molecule has 2 heterocycles. The first-order chi connectivity index (χ1) is 12.5. The second-order valence-corrected chi connectivity index (χ2v) is 5.87. The van der Waals surface area contributed by atoms with E-state index < -0.39 is 0 Å². The Labute approximate surface area is 152 Å². The summed E-state index contributed by atoms with van der Waals surface area (Å²) in [5.41, 5.74) is 2.73. The summed E-state index contributed by atoms with van der Waals surface area (Å²) in [6.45, 7) is 6.64. The number of benzene rings is 1. The third-order valence-electron chi connectivity index (χ3n) is 4.11. The molecule has 0 aliphatic rings. The van der Waals surface area contributed by atoms with E-state index in [1.807, 2.05) is 56.0 Å². The Hall–Kier alpha value is -3.02. The first kappa shape index (κ1) is 17.8. The molecule has 3 aromatic rings. The molecule has 0 saturated heterocycles. The molecule has 26 heavy (non-hydrogen) atoms. The second-order valence-electron chi connectivity index (χ2n) is 5.87. The molecule has 0 aliphatic heterocycles. The standard InChI is InChI=1S/C20H23N3O3/c1-5-25-16-8-7-15-11-12-23(18(15)13-16)20-17(14(3)21-22(20)4)9-10-19(24)26-6-2/h7-13H,5-6H2,1-4H3. The number of nitrogens with zero attached hydrogens (tertiary/aromatic N) is 3. The number of fused-ring (bicyclic) bond motifs is 1. The lowest BCUT2D eigenvalue weighted by atomic mass is 10.2. The van der Waals surface area contributed by atoms with Gasteiger partial charge in [-0.15, -0.1) is 0 Å². The van der Waals surface area contributed by atoms with Crippen LogP contribution in [0.3, 0.4) is 0 Å². The molecule has 0 unspecified atom stereocenters. The number of aryl methyl sites for hydroxylation is 2. The number of hydrogen-bond donors (Lipinski definition) is 0. The van der Waals surface area contributed by atoms with Crippen LogP contribution >= 0.6 is 0 Å². The van der Waals surface area contributed by atoms with Gasteiger partial charge in [-0.3, -0.25) is 4.68 Å². The van der Waals surface area contributed by atoms with E-state index in [-0.39, 0.29) is 5.97 Å². The van der Waals surface area contributed by atoms with Gasteiger partial charge < -0.3 is 14.0 Å². The lowest BCUT2D eigenvalue weighted by Gasteiger charge is -2.09. The van der Waals surface area contributed by atoms with Crippen LogP contribution in [-0.4, -0.2) is 33.5 Å². The minimum absolute atomic E-state index is 0.352. The van der Waals surface area contributed by atoms with Crippen LogP contribution in [-0.2, 0) is 16.6 Å². The average Bonchev–Trinajstić information content (AvgIpc) is 3.13. The van der Waals surface area contributed by atoms with Crippen molar-refractivity contribution < 1.29 is 14.3 Å². The van der Waals surface area contributed by atoms with Gasteiger partial charge in [0, 0.05) is 36.3 Å². The van der Waals surface area contributed by atoms with E-state index in [2.05, 4.69) is 9.67 Å². The van der Waals surface area contributed by atoms with Gasteiger partial charge >= 0.3 is 5.97 Å². The van der Waals surface area contributed by atoms with Gasteiger partial charge in [-0.2, -0.15) is 5.10 Å². The van der Waals surface area contributed by atoms with Gasteiger partial charge in [0.2, 0.25) is 0 Å². The van der Waals surface area contributed by atoms with E-state index in [1.165, 1.54) is 6.08 Å². The number of carbonyl (C=O) groups excluding carboxylic acids is 1. The van der Waals surface area contributed by atoms with E-state index in [0.717, 1.165) is 33.7 Å². The monoisotopic (exact) mass is 353 g/mol. The van der Waals surface area contributed by atoms with Gasteiger partial charge in [-0.1, -0.05) is 0 Å². The van der Waals surface area contributed by atoms with Crippen molar-refractivity contribution in [1.29, 1.82) is 0 Å². The van der Waals surface area contributed by atoms with E-state index in [4.69, 9.17) is 9.47 Å². The Bertz CT molecular complexity index is 966. The summed E-state index contributed by atoms with van der Waals surface area (Å²) in [5.74, 6) is 1.34. The number of aromatic nitrogens is 3. The second kappa shape index (κ2) is 7.47. The molecule has 0 saturated carbocycles. The molecule has 0 radical (unpaired) electrons. The topological polar surface area (TPSA) is 58.3 Å². The van der Waals surface area contributed by atoms with Crippen molar-refractivity contribution in [2.45, 2.75) is 20.8 Å². The van der Waals surface area contributed by atoms with Gasteiger partial charge in [0.15, 0.2) is 0 Å². The maximum absolute atomic E-state index is 11.7. The zero-order valence-corrected chi connectivity index (χ0v) is 15.5. The van der Waals surface area contributed by atoms with Gasteiger partial charge in [-0.05, 0) is 45.0 Å². The van der Waals surface area contributed by atoms with Crippen LogP contribution in [0, 0.1) is 6.92 Å². The van der Waals surface area contributed by atoms with Crippen LogP contribution in [0.4, 0.5) is 0 Å². The SMILES string of the molecule is CCOC(=O)C=Cc1c(C)nn(C)c1-n1ccc2ccc(OCC)cc21. The predicted molar refractivity (Wildman–Crippen MR) is 102 cm³/mol. The van der Waals surface area contributed by atoms with Gasteiger partial charge in [-0.25, -0.2) is 4.79 Å². The Morgan fingerprint density at radius 3 is 2.77 bits per heavy atom. The van der Waals surface area contributed by atoms with E-state index in [0.29, 0.717) is 13.2 Å². The minimum Gasteiger partial charge on any atom is -0.494 e. The molecule has 0 aliphatic carbocycles. The first-order valence-electron chi connectivity index (χ1n) is 8.67. The quantitative estimate of drug-likeness (QED) is 0.501. The molecular formula is C20H23N3O3. The summed E-state index contributed by atoms with van der Waals surface area (Å²) < 4.78 is 14.5. The van der Waals surface area contributed by atoms with Crippen molar-refractivity contribution >= 4 is 22.9 Å². The van der Waals surface area contributed by atoms with Crippen LogP contribution in [0.5, 0.6) is 5.75 Å². The number of carbonyl (C=O) groups is 1. The summed E-state index contributed by atoms with van der Waals surface area (Å²) >= 11 is 0. The van der Waals surface area contributed by atoms with Gasteiger partial charge in [0.05, 0.1) is 24.4 Å². The molecular weight excluding hydrogens is 330 g/mol. The summed E-state index contributed by atoms with van der Waals surface area (Å²) in [7, 11) is 1.89. The molecule has 0 bridgehead atoms. The molecule has 6 nitrogen and oxygen atoms in total. The highest BCUT2D eigenvalue weighted by Crippen LogP contribution is 2.28. The largest absolute Gasteiger partial charge is 0.494 e. The van der Waals surface area contributed by atoms with Crippen LogP contribution in [0.25, 0.3) is 22.8 Å². The fraction of sp³-hybridized carbons (Fsp3) is 0.300.